The van der Waals surface area contributed by atoms with E-state index in [1.165, 1.54) is 18.2 Å². The highest BCUT2D eigenvalue weighted by Gasteiger charge is 2.17. The Labute approximate surface area is 123 Å². The van der Waals surface area contributed by atoms with Crippen LogP contribution in [0.25, 0.3) is 0 Å². The minimum Gasteiger partial charge on any atom is -0.478 e. The Morgan fingerprint density at radius 3 is 2.43 bits per heavy atom. The first kappa shape index (κ1) is 15.0. The minimum atomic E-state index is -1.16. The molecular formula is C17H18FNO2. The molecule has 0 aromatic heterocycles. The molecule has 0 unspecified atom stereocenters. The van der Waals surface area contributed by atoms with E-state index in [4.69, 9.17) is 0 Å². The number of carboxylic acid groups (broad SMARTS) is 1. The van der Waals surface area contributed by atoms with E-state index in [2.05, 4.69) is 5.32 Å². The summed E-state index contributed by atoms with van der Waals surface area (Å²) in [5, 5.41) is 12.2. The van der Waals surface area contributed by atoms with Crippen molar-refractivity contribution in [3.63, 3.8) is 0 Å². The summed E-state index contributed by atoms with van der Waals surface area (Å²) in [4.78, 5) is 11.3. The van der Waals surface area contributed by atoms with Crippen molar-refractivity contribution in [2.45, 2.75) is 26.7 Å². The van der Waals surface area contributed by atoms with Crippen molar-refractivity contribution in [1.29, 1.82) is 0 Å². The molecular weight excluding hydrogens is 269 g/mol. The summed E-state index contributed by atoms with van der Waals surface area (Å²) >= 11 is 0. The molecule has 21 heavy (non-hydrogen) atoms. The zero-order valence-electron chi connectivity index (χ0n) is 12.3. The summed E-state index contributed by atoms with van der Waals surface area (Å²) in [6, 6.07) is 9.85. The van der Waals surface area contributed by atoms with E-state index in [0.717, 1.165) is 16.8 Å². The molecule has 0 fully saturated rings. The summed E-state index contributed by atoms with van der Waals surface area (Å²) < 4.78 is 14.0. The molecule has 2 rings (SSSR count). The van der Waals surface area contributed by atoms with E-state index >= 15 is 0 Å². The topological polar surface area (TPSA) is 49.3 Å². The van der Waals surface area contributed by atoms with Gasteiger partial charge in [0.25, 0.3) is 0 Å². The monoisotopic (exact) mass is 287 g/mol. The Bertz CT molecular complexity index is 680. The average molecular weight is 287 g/mol. The highest BCUT2D eigenvalue weighted by Crippen LogP contribution is 2.32. The molecule has 3 nitrogen and oxygen atoms in total. The second-order valence-electron chi connectivity index (χ2n) is 5.29. The van der Waals surface area contributed by atoms with Gasteiger partial charge in [0.2, 0.25) is 0 Å². The highest BCUT2D eigenvalue weighted by molar-refractivity contribution is 5.95. The molecule has 2 N–H and O–H groups in total. The van der Waals surface area contributed by atoms with Crippen molar-refractivity contribution in [2.75, 3.05) is 5.32 Å². The van der Waals surface area contributed by atoms with Gasteiger partial charge in [0.1, 0.15) is 5.82 Å². The molecule has 0 aliphatic rings. The molecule has 0 aliphatic carbocycles. The van der Waals surface area contributed by atoms with E-state index in [9.17, 15) is 14.3 Å². The number of halogens is 1. The van der Waals surface area contributed by atoms with Gasteiger partial charge in [-0.25, -0.2) is 9.18 Å². The Hall–Kier alpha value is -2.36. The molecule has 0 aliphatic heterocycles. The fraction of sp³-hybridized carbons (Fsp3) is 0.235. The SMILES string of the molecule is Cc1cccc(C(C)C)c1Nc1c(F)cccc1C(=O)O. The van der Waals surface area contributed by atoms with Crippen molar-refractivity contribution < 1.29 is 14.3 Å². The van der Waals surface area contributed by atoms with E-state index in [1.807, 2.05) is 39.0 Å². The van der Waals surface area contributed by atoms with Gasteiger partial charge < -0.3 is 10.4 Å². The molecule has 0 saturated carbocycles. The molecule has 0 heterocycles. The van der Waals surface area contributed by atoms with Gasteiger partial charge in [-0.1, -0.05) is 38.1 Å². The van der Waals surface area contributed by atoms with Crippen molar-refractivity contribution in [3.05, 3.63) is 58.9 Å². The molecule has 0 bridgehead atoms. The lowest BCUT2D eigenvalue weighted by Gasteiger charge is -2.18. The third-order valence-corrected chi connectivity index (χ3v) is 3.42. The van der Waals surface area contributed by atoms with Gasteiger partial charge in [0.15, 0.2) is 0 Å². The first-order chi connectivity index (χ1) is 9.91. The fourth-order valence-electron chi connectivity index (χ4n) is 2.30. The third-order valence-electron chi connectivity index (χ3n) is 3.42. The maximum absolute atomic E-state index is 14.0. The number of carbonyl (C=O) groups is 1. The van der Waals surface area contributed by atoms with Crippen LogP contribution in [-0.2, 0) is 0 Å². The lowest BCUT2D eigenvalue weighted by molar-refractivity contribution is 0.0697. The van der Waals surface area contributed by atoms with Gasteiger partial charge in [-0.3, -0.25) is 0 Å². The van der Waals surface area contributed by atoms with Crippen LogP contribution in [0.15, 0.2) is 36.4 Å². The molecule has 0 atom stereocenters. The summed E-state index contributed by atoms with van der Waals surface area (Å²) in [5.74, 6) is -1.49. The van der Waals surface area contributed by atoms with E-state index in [1.54, 1.807) is 0 Å². The number of carboxylic acids is 1. The molecule has 2 aromatic carbocycles. The average Bonchev–Trinajstić information content (AvgIpc) is 2.42. The fourth-order valence-corrected chi connectivity index (χ4v) is 2.30. The molecule has 110 valence electrons. The number of anilines is 2. The number of hydrogen-bond acceptors (Lipinski definition) is 2. The van der Waals surface area contributed by atoms with E-state index in [-0.39, 0.29) is 17.2 Å². The number of aromatic carboxylic acids is 1. The second kappa shape index (κ2) is 5.95. The second-order valence-corrected chi connectivity index (χ2v) is 5.29. The highest BCUT2D eigenvalue weighted by atomic mass is 19.1. The maximum Gasteiger partial charge on any atom is 0.337 e. The van der Waals surface area contributed by atoms with Crippen LogP contribution < -0.4 is 5.32 Å². The Balaban J connectivity index is 2.56. The normalized spacial score (nSPS) is 10.7. The minimum absolute atomic E-state index is 0.00111. The van der Waals surface area contributed by atoms with E-state index in [0.29, 0.717) is 0 Å². The van der Waals surface area contributed by atoms with Crippen LogP contribution >= 0.6 is 0 Å². The lowest BCUT2D eigenvalue weighted by atomic mass is 9.97. The molecule has 0 amide bonds. The number of para-hydroxylation sites is 2. The van der Waals surface area contributed by atoms with Crippen LogP contribution in [0.3, 0.4) is 0 Å². The summed E-state index contributed by atoms with van der Waals surface area (Å²) in [7, 11) is 0. The predicted octanol–water partition coefficient (Wildman–Crippen LogP) is 4.70. The molecule has 2 aromatic rings. The van der Waals surface area contributed by atoms with Crippen LogP contribution in [0.4, 0.5) is 15.8 Å². The number of nitrogens with one attached hydrogen (secondary N) is 1. The number of aryl methyl sites for hydroxylation is 1. The van der Waals surface area contributed by atoms with Gasteiger partial charge in [-0.15, -0.1) is 0 Å². The Morgan fingerprint density at radius 1 is 1.14 bits per heavy atom. The maximum atomic E-state index is 14.0. The standard InChI is InChI=1S/C17H18FNO2/c1-10(2)12-7-4-6-11(3)15(12)19-16-13(17(20)21)8-5-9-14(16)18/h4-10,19H,1-3H3,(H,20,21). The van der Waals surface area contributed by atoms with Gasteiger partial charge >= 0.3 is 5.97 Å². The van der Waals surface area contributed by atoms with Crippen LogP contribution in [0.2, 0.25) is 0 Å². The Morgan fingerprint density at radius 2 is 1.81 bits per heavy atom. The first-order valence-electron chi connectivity index (χ1n) is 6.80. The molecule has 0 spiro atoms. The Kier molecular flexibility index (Phi) is 4.26. The zero-order valence-corrected chi connectivity index (χ0v) is 12.3. The van der Waals surface area contributed by atoms with Crippen molar-refractivity contribution in [3.8, 4) is 0 Å². The zero-order chi connectivity index (χ0) is 15.6. The van der Waals surface area contributed by atoms with Gasteiger partial charge in [0.05, 0.1) is 11.3 Å². The van der Waals surface area contributed by atoms with Crippen LogP contribution in [0.1, 0.15) is 41.3 Å². The van der Waals surface area contributed by atoms with Gasteiger partial charge in [-0.2, -0.15) is 0 Å². The summed E-state index contributed by atoms with van der Waals surface area (Å²) in [6.45, 7) is 5.99. The largest absolute Gasteiger partial charge is 0.478 e. The molecule has 0 saturated heterocycles. The molecule has 4 heteroatoms. The summed E-state index contributed by atoms with van der Waals surface area (Å²) in [5.41, 5.74) is 2.66. The number of rotatable bonds is 4. The van der Waals surface area contributed by atoms with Crippen LogP contribution in [0.5, 0.6) is 0 Å². The van der Waals surface area contributed by atoms with Crippen molar-refractivity contribution in [1.82, 2.24) is 0 Å². The molecule has 0 radical (unpaired) electrons. The van der Waals surface area contributed by atoms with Crippen molar-refractivity contribution >= 4 is 17.3 Å². The lowest BCUT2D eigenvalue weighted by Crippen LogP contribution is -2.07. The number of benzene rings is 2. The smallest absolute Gasteiger partial charge is 0.337 e. The number of hydrogen-bond donors (Lipinski definition) is 2. The van der Waals surface area contributed by atoms with Crippen LogP contribution in [0, 0.1) is 12.7 Å². The van der Waals surface area contributed by atoms with Gasteiger partial charge in [0, 0.05) is 5.69 Å². The van der Waals surface area contributed by atoms with Gasteiger partial charge in [-0.05, 0) is 36.1 Å². The van der Waals surface area contributed by atoms with Crippen molar-refractivity contribution in [2.24, 2.45) is 0 Å². The third kappa shape index (κ3) is 3.05. The van der Waals surface area contributed by atoms with Crippen LogP contribution in [-0.4, -0.2) is 11.1 Å². The quantitative estimate of drug-likeness (QED) is 0.857. The van der Waals surface area contributed by atoms with E-state index < -0.39 is 11.8 Å². The summed E-state index contributed by atoms with van der Waals surface area (Å²) in [6.07, 6.45) is 0. The first-order valence-corrected chi connectivity index (χ1v) is 6.80. The predicted molar refractivity (Wildman–Crippen MR) is 81.9 cm³/mol.